The first-order valence-electron chi connectivity index (χ1n) is 5.49. The van der Waals surface area contributed by atoms with Gasteiger partial charge in [0, 0.05) is 11.0 Å². The molecule has 1 atom stereocenters. The van der Waals surface area contributed by atoms with E-state index in [9.17, 15) is 8.42 Å². The van der Waals surface area contributed by atoms with Gasteiger partial charge in [0.1, 0.15) is 0 Å². The number of nitrogens with two attached hydrogens (primary N) is 1. The summed E-state index contributed by atoms with van der Waals surface area (Å²) in [4.78, 5) is 0.506. The van der Waals surface area contributed by atoms with Gasteiger partial charge in [0.15, 0.2) is 0 Å². The summed E-state index contributed by atoms with van der Waals surface area (Å²) >= 11 is 8.21. The average molecular weight is 349 g/mol. The minimum absolute atomic E-state index is 0.242. The summed E-state index contributed by atoms with van der Waals surface area (Å²) in [7, 11) is -3.52. The van der Waals surface area contributed by atoms with Crippen molar-refractivity contribution in [2.45, 2.75) is 23.8 Å². The number of hydrogen-bond acceptors (Lipinski definition) is 3. The van der Waals surface area contributed by atoms with Crippen molar-refractivity contribution in [1.82, 2.24) is 4.31 Å². The summed E-state index contributed by atoms with van der Waals surface area (Å²) in [5, 5.41) is 0. The minimum atomic E-state index is -3.52. The second-order valence-corrected chi connectivity index (χ2v) is 7.41. The predicted molar refractivity (Wildman–Crippen MR) is 77.8 cm³/mol. The lowest BCUT2D eigenvalue weighted by Crippen LogP contribution is -2.42. The van der Waals surface area contributed by atoms with Gasteiger partial charge in [-0.25, -0.2) is 8.42 Å². The SMILES string of the molecule is NC(=S)C1CCCN1S(=O)(=O)c1cccc(Br)c1. The summed E-state index contributed by atoms with van der Waals surface area (Å²) < 4.78 is 27.1. The maximum atomic E-state index is 12.5. The van der Waals surface area contributed by atoms with Gasteiger partial charge in [0.05, 0.1) is 15.9 Å². The first-order valence-corrected chi connectivity index (χ1v) is 8.14. The van der Waals surface area contributed by atoms with E-state index in [-0.39, 0.29) is 15.9 Å². The molecule has 1 aromatic carbocycles. The number of thiocarbonyl (C=S) groups is 1. The highest BCUT2D eigenvalue weighted by atomic mass is 79.9. The Morgan fingerprint density at radius 1 is 1.50 bits per heavy atom. The summed E-state index contributed by atoms with van der Waals surface area (Å²) in [6, 6.07) is 6.29. The van der Waals surface area contributed by atoms with Crippen molar-refractivity contribution in [3.63, 3.8) is 0 Å². The van der Waals surface area contributed by atoms with Gasteiger partial charge in [-0.1, -0.05) is 34.2 Å². The van der Waals surface area contributed by atoms with Gasteiger partial charge in [-0.3, -0.25) is 0 Å². The zero-order valence-corrected chi connectivity index (χ0v) is 12.8. The van der Waals surface area contributed by atoms with Crippen LogP contribution in [0.15, 0.2) is 33.6 Å². The highest BCUT2D eigenvalue weighted by Crippen LogP contribution is 2.27. The summed E-state index contributed by atoms with van der Waals surface area (Å²) in [6.07, 6.45) is 1.48. The molecular weight excluding hydrogens is 336 g/mol. The minimum Gasteiger partial charge on any atom is -0.392 e. The predicted octanol–water partition coefficient (Wildman–Crippen LogP) is 1.89. The third-order valence-corrected chi connectivity index (χ3v) is 5.60. The van der Waals surface area contributed by atoms with E-state index in [0.717, 1.165) is 10.9 Å². The number of benzene rings is 1. The molecule has 1 unspecified atom stereocenters. The Kier molecular flexibility index (Phi) is 4.05. The molecule has 1 fully saturated rings. The molecule has 2 rings (SSSR count). The lowest BCUT2D eigenvalue weighted by molar-refractivity contribution is 0.446. The second kappa shape index (κ2) is 5.24. The average Bonchev–Trinajstić information content (AvgIpc) is 2.78. The molecule has 1 aromatic rings. The van der Waals surface area contributed by atoms with Crippen molar-refractivity contribution >= 4 is 43.2 Å². The van der Waals surface area contributed by atoms with Crippen LogP contribution in [0.3, 0.4) is 0 Å². The Bertz CT molecular complexity index is 574. The van der Waals surface area contributed by atoms with E-state index in [0.29, 0.717) is 13.0 Å². The van der Waals surface area contributed by atoms with E-state index >= 15 is 0 Å². The maximum absolute atomic E-state index is 12.5. The molecule has 0 radical (unpaired) electrons. The number of nitrogens with zero attached hydrogens (tertiary/aromatic N) is 1. The monoisotopic (exact) mass is 348 g/mol. The largest absolute Gasteiger partial charge is 0.392 e. The standard InChI is InChI=1S/C11H13BrN2O2S2/c12-8-3-1-4-9(7-8)18(15,16)14-6-2-5-10(14)11(13)17/h1,3-4,7,10H,2,5-6H2,(H2,13,17). The van der Waals surface area contributed by atoms with Crippen LogP contribution in [0.5, 0.6) is 0 Å². The molecular formula is C11H13BrN2O2S2. The Balaban J connectivity index is 2.40. The van der Waals surface area contributed by atoms with Crippen LogP contribution in [0.1, 0.15) is 12.8 Å². The second-order valence-electron chi connectivity index (χ2n) is 4.13. The summed E-state index contributed by atoms with van der Waals surface area (Å²) in [6.45, 7) is 0.469. The van der Waals surface area contributed by atoms with Crippen LogP contribution >= 0.6 is 28.1 Å². The van der Waals surface area contributed by atoms with Crippen LogP contribution in [-0.4, -0.2) is 30.3 Å². The third kappa shape index (κ3) is 2.59. The molecule has 1 heterocycles. The number of sulfonamides is 1. The van der Waals surface area contributed by atoms with Crippen LogP contribution in [0.25, 0.3) is 0 Å². The number of halogens is 1. The van der Waals surface area contributed by atoms with Crippen LogP contribution in [0.4, 0.5) is 0 Å². The molecule has 2 N–H and O–H groups in total. The molecule has 0 saturated carbocycles. The van der Waals surface area contributed by atoms with Gasteiger partial charge in [0.25, 0.3) is 0 Å². The molecule has 0 aliphatic carbocycles. The van der Waals surface area contributed by atoms with Crippen molar-refractivity contribution in [3.8, 4) is 0 Å². The van der Waals surface area contributed by atoms with Crippen LogP contribution in [0.2, 0.25) is 0 Å². The smallest absolute Gasteiger partial charge is 0.243 e. The molecule has 1 aliphatic rings. The van der Waals surface area contributed by atoms with Crippen molar-refractivity contribution in [1.29, 1.82) is 0 Å². The molecule has 0 spiro atoms. The van der Waals surface area contributed by atoms with E-state index in [1.807, 2.05) is 0 Å². The van der Waals surface area contributed by atoms with Crippen molar-refractivity contribution in [2.75, 3.05) is 6.54 Å². The van der Waals surface area contributed by atoms with Crippen LogP contribution in [0, 0.1) is 0 Å². The first kappa shape index (κ1) is 13.9. The highest BCUT2D eigenvalue weighted by molar-refractivity contribution is 9.10. The van der Waals surface area contributed by atoms with Crippen molar-refractivity contribution < 1.29 is 8.42 Å². The zero-order chi connectivity index (χ0) is 13.3. The fourth-order valence-electron chi connectivity index (χ4n) is 2.08. The Labute approximate surface area is 120 Å². The van der Waals surface area contributed by atoms with Gasteiger partial charge >= 0.3 is 0 Å². The van der Waals surface area contributed by atoms with E-state index in [1.54, 1.807) is 24.3 Å². The van der Waals surface area contributed by atoms with Gasteiger partial charge < -0.3 is 5.73 Å². The number of hydrogen-bond donors (Lipinski definition) is 1. The van der Waals surface area contributed by atoms with Crippen LogP contribution < -0.4 is 5.73 Å². The van der Waals surface area contributed by atoms with Crippen molar-refractivity contribution in [2.24, 2.45) is 5.73 Å². The van der Waals surface area contributed by atoms with Gasteiger partial charge in [-0.2, -0.15) is 4.31 Å². The summed E-state index contributed by atoms with van der Waals surface area (Å²) in [5.41, 5.74) is 5.61. The highest BCUT2D eigenvalue weighted by Gasteiger charge is 2.36. The van der Waals surface area contributed by atoms with Gasteiger partial charge in [-0.05, 0) is 31.0 Å². The first-order chi connectivity index (χ1) is 8.43. The van der Waals surface area contributed by atoms with E-state index in [1.165, 1.54) is 4.31 Å². The molecule has 0 amide bonds. The van der Waals surface area contributed by atoms with E-state index in [4.69, 9.17) is 18.0 Å². The van der Waals surface area contributed by atoms with E-state index < -0.39 is 10.0 Å². The molecule has 1 saturated heterocycles. The number of rotatable bonds is 3. The summed E-state index contributed by atoms with van der Waals surface area (Å²) in [5.74, 6) is 0. The molecule has 98 valence electrons. The Hall–Kier alpha value is -0.500. The lowest BCUT2D eigenvalue weighted by atomic mass is 10.2. The third-order valence-electron chi connectivity index (χ3n) is 2.93. The normalized spacial score (nSPS) is 21.1. The van der Waals surface area contributed by atoms with Crippen molar-refractivity contribution in [3.05, 3.63) is 28.7 Å². The Morgan fingerprint density at radius 3 is 2.83 bits per heavy atom. The van der Waals surface area contributed by atoms with Gasteiger partial charge in [-0.15, -0.1) is 0 Å². The fourth-order valence-corrected chi connectivity index (χ4v) is 4.66. The topological polar surface area (TPSA) is 63.4 Å². The molecule has 7 heteroatoms. The molecule has 18 heavy (non-hydrogen) atoms. The Morgan fingerprint density at radius 2 is 2.22 bits per heavy atom. The molecule has 4 nitrogen and oxygen atoms in total. The zero-order valence-electron chi connectivity index (χ0n) is 9.54. The van der Waals surface area contributed by atoms with Gasteiger partial charge in [0.2, 0.25) is 10.0 Å². The molecule has 0 aromatic heterocycles. The lowest BCUT2D eigenvalue weighted by Gasteiger charge is -2.23. The molecule has 0 bridgehead atoms. The fraction of sp³-hybridized carbons (Fsp3) is 0.364. The van der Waals surface area contributed by atoms with Crippen LogP contribution in [-0.2, 0) is 10.0 Å². The quantitative estimate of drug-likeness (QED) is 0.847. The maximum Gasteiger partial charge on any atom is 0.243 e. The molecule has 1 aliphatic heterocycles. The van der Waals surface area contributed by atoms with E-state index in [2.05, 4.69) is 15.9 Å².